The van der Waals surface area contributed by atoms with Gasteiger partial charge < -0.3 is 5.11 Å². The lowest BCUT2D eigenvalue weighted by atomic mass is 9.78. The van der Waals surface area contributed by atoms with E-state index in [9.17, 15) is 22.9 Å². The first-order valence-corrected chi connectivity index (χ1v) is 9.69. The Kier molecular flexibility index (Phi) is 4.32. The molecule has 138 valence electrons. The van der Waals surface area contributed by atoms with Crippen LogP contribution in [-0.2, 0) is 22.0 Å². The first kappa shape index (κ1) is 18.4. The van der Waals surface area contributed by atoms with Gasteiger partial charge in [-0.1, -0.05) is 44.2 Å². The molecular weight excluding hydrogens is 354 g/mol. The van der Waals surface area contributed by atoms with Crippen molar-refractivity contribution >= 4 is 21.9 Å². The van der Waals surface area contributed by atoms with Gasteiger partial charge in [-0.05, 0) is 42.2 Å². The number of amides is 1. The van der Waals surface area contributed by atoms with Crippen LogP contribution < -0.4 is 4.90 Å². The van der Waals surface area contributed by atoms with E-state index in [2.05, 4.69) is 0 Å². The van der Waals surface area contributed by atoms with Crippen molar-refractivity contribution in [3.8, 4) is 0 Å². The zero-order valence-electron chi connectivity index (χ0n) is 14.8. The summed E-state index contributed by atoms with van der Waals surface area (Å²) in [6.45, 7) is 5.58. The minimum absolute atomic E-state index is 0.174. The predicted molar refractivity (Wildman–Crippen MR) is 98.5 cm³/mol. The largest absolute Gasteiger partial charge is 0.465 e. The number of carboxylic acid groups (broad SMARTS) is 1. The van der Waals surface area contributed by atoms with Crippen molar-refractivity contribution in [1.29, 1.82) is 0 Å². The van der Waals surface area contributed by atoms with E-state index in [-0.39, 0.29) is 17.4 Å². The molecule has 0 bridgehead atoms. The van der Waals surface area contributed by atoms with Crippen molar-refractivity contribution in [2.75, 3.05) is 4.90 Å². The lowest BCUT2D eigenvalue weighted by Gasteiger charge is -2.29. The first-order chi connectivity index (χ1) is 12.0. The van der Waals surface area contributed by atoms with Crippen LogP contribution in [0.4, 0.5) is 10.5 Å². The van der Waals surface area contributed by atoms with Crippen LogP contribution in [-0.4, -0.2) is 30.2 Å². The topological polar surface area (TPSA) is 94.9 Å². The summed E-state index contributed by atoms with van der Waals surface area (Å²) in [5, 5.41) is 9.63. The summed E-state index contributed by atoms with van der Waals surface area (Å²) in [4.78, 5) is 12.9. The van der Waals surface area contributed by atoms with Crippen molar-refractivity contribution < 1.29 is 22.9 Å². The minimum Gasteiger partial charge on any atom is -0.465 e. The predicted octanol–water partition coefficient (Wildman–Crippen LogP) is 3.69. The number of hydrogen-bond acceptors (Lipinski definition) is 3. The summed E-state index contributed by atoms with van der Waals surface area (Å²) in [6, 6.07) is 11.7. The number of nitrogens with zero attached hydrogens (tertiary/aromatic N) is 1. The summed E-state index contributed by atoms with van der Waals surface area (Å²) in [7, 11) is -4.45. The quantitative estimate of drug-likeness (QED) is 0.798. The van der Waals surface area contributed by atoms with Crippen molar-refractivity contribution in [2.45, 2.75) is 43.5 Å². The van der Waals surface area contributed by atoms with E-state index in [4.69, 9.17) is 0 Å². The molecule has 7 heteroatoms. The van der Waals surface area contributed by atoms with Crippen LogP contribution >= 0.6 is 0 Å². The number of rotatable bonds is 3. The Hall–Kier alpha value is -2.38. The van der Waals surface area contributed by atoms with Gasteiger partial charge in [-0.2, -0.15) is 8.42 Å². The molecule has 0 fully saturated rings. The molecule has 0 radical (unpaired) electrons. The van der Waals surface area contributed by atoms with Crippen LogP contribution in [0.1, 0.15) is 37.5 Å². The molecule has 1 heterocycles. The molecule has 26 heavy (non-hydrogen) atoms. The average Bonchev–Trinajstić information content (AvgIpc) is 2.74. The van der Waals surface area contributed by atoms with Crippen molar-refractivity contribution in [1.82, 2.24) is 0 Å². The second kappa shape index (κ2) is 6.10. The minimum atomic E-state index is -4.45. The van der Waals surface area contributed by atoms with Gasteiger partial charge in [-0.3, -0.25) is 9.45 Å². The monoisotopic (exact) mass is 375 g/mol. The summed E-state index contributed by atoms with van der Waals surface area (Å²) in [5.74, 6) is 0. The van der Waals surface area contributed by atoms with E-state index >= 15 is 0 Å². The second-order valence-electron chi connectivity index (χ2n) is 7.12. The fraction of sp³-hybridized carbons (Fsp3) is 0.316. The summed E-state index contributed by atoms with van der Waals surface area (Å²) < 4.78 is 33.7. The van der Waals surface area contributed by atoms with E-state index in [1.165, 1.54) is 17.0 Å². The number of benzene rings is 2. The van der Waals surface area contributed by atoms with Crippen molar-refractivity contribution in [3.05, 3.63) is 59.2 Å². The number of hydrogen-bond donors (Lipinski definition) is 2. The maximum absolute atomic E-state index is 12.0. The number of carbonyl (C=O) groups is 1. The zero-order valence-corrected chi connectivity index (χ0v) is 15.6. The average molecular weight is 375 g/mol. The molecule has 2 aromatic carbocycles. The molecule has 1 atom stereocenters. The Balaban J connectivity index is 2.32. The van der Waals surface area contributed by atoms with E-state index < -0.39 is 21.6 Å². The van der Waals surface area contributed by atoms with Crippen LogP contribution in [0.15, 0.2) is 47.4 Å². The molecular formula is C19H21NO5S. The molecule has 1 unspecified atom stereocenters. The Morgan fingerprint density at radius 1 is 1.15 bits per heavy atom. The van der Waals surface area contributed by atoms with E-state index in [0.717, 1.165) is 5.56 Å². The third kappa shape index (κ3) is 2.87. The maximum Gasteiger partial charge on any atom is 0.412 e. The fourth-order valence-corrected chi connectivity index (χ4v) is 4.49. The summed E-state index contributed by atoms with van der Waals surface area (Å²) in [5.41, 5.74) is 1.82. The molecule has 0 aromatic heterocycles. The molecule has 3 rings (SSSR count). The van der Waals surface area contributed by atoms with Crippen LogP contribution in [0.5, 0.6) is 0 Å². The molecule has 0 spiro atoms. The van der Waals surface area contributed by atoms with Crippen molar-refractivity contribution in [3.63, 3.8) is 0 Å². The van der Waals surface area contributed by atoms with Gasteiger partial charge in [0.1, 0.15) is 0 Å². The highest BCUT2D eigenvalue weighted by atomic mass is 32.2. The van der Waals surface area contributed by atoms with Gasteiger partial charge >= 0.3 is 6.09 Å². The highest BCUT2D eigenvalue weighted by Crippen LogP contribution is 2.48. The van der Waals surface area contributed by atoms with Gasteiger partial charge in [-0.25, -0.2) is 4.79 Å². The van der Waals surface area contributed by atoms with Gasteiger partial charge in [0.05, 0.1) is 10.6 Å². The smallest absolute Gasteiger partial charge is 0.412 e. The lowest BCUT2D eigenvalue weighted by molar-refractivity contribution is 0.198. The maximum atomic E-state index is 12.0. The van der Waals surface area contributed by atoms with E-state index in [0.29, 0.717) is 16.8 Å². The molecule has 0 saturated carbocycles. The highest BCUT2D eigenvalue weighted by Gasteiger charge is 2.47. The second-order valence-corrected chi connectivity index (χ2v) is 8.51. The van der Waals surface area contributed by atoms with Crippen molar-refractivity contribution in [2.24, 2.45) is 0 Å². The zero-order chi connectivity index (χ0) is 19.3. The Morgan fingerprint density at radius 3 is 2.31 bits per heavy atom. The molecule has 1 amide bonds. The molecule has 1 aliphatic rings. The standard InChI is InChI=1S/C19H21NO5S/c1-12-19(2,3)17-14(11-13-7-5-4-6-8-13)16(26(23,24)25)10-9-15(17)20(12)18(21)22/h4-10,12H,11H2,1-3H3,(H,21,22)(H,23,24,25). The van der Waals surface area contributed by atoms with Crippen LogP contribution in [0.2, 0.25) is 0 Å². The molecule has 2 aromatic rings. The van der Waals surface area contributed by atoms with Gasteiger partial charge in [0.15, 0.2) is 0 Å². The third-order valence-electron chi connectivity index (χ3n) is 5.29. The lowest BCUT2D eigenvalue weighted by Crippen LogP contribution is -2.42. The number of anilines is 1. The Morgan fingerprint density at radius 2 is 1.77 bits per heavy atom. The summed E-state index contributed by atoms with van der Waals surface area (Å²) >= 11 is 0. The third-order valence-corrected chi connectivity index (χ3v) is 6.23. The molecule has 0 aliphatic carbocycles. The SMILES string of the molecule is CC1N(C(=O)O)c2ccc(S(=O)(=O)O)c(Cc3ccccc3)c2C1(C)C. The molecule has 2 N–H and O–H groups in total. The molecule has 1 aliphatic heterocycles. The molecule has 0 saturated heterocycles. The van der Waals surface area contributed by atoms with E-state index in [1.807, 2.05) is 44.2 Å². The Labute approximate surface area is 152 Å². The van der Waals surface area contributed by atoms with Crippen LogP contribution in [0.3, 0.4) is 0 Å². The molecule has 6 nitrogen and oxygen atoms in total. The van der Waals surface area contributed by atoms with Gasteiger partial charge in [0, 0.05) is 11.5 Å². The van der Waals surface area contributed by atoms with Crippen LogP contribution in [0.25, 0.3) is 0 Å². The highest BCUT2D eigenvalue weighted by molar-refractivity contribution is 7.85. The Bertz CT molecular complexity index is 967. The number of fused-ring (bicyclic) bond motifs is 1. The summed E-state index contributed by atoms with van der Waals surface area (Å²) in [6.07, 6.45) is -0.808. The van der Waals surface area contributed by atoms with Gasteiger partial charge in [-0.15, -0.1) is 0 Å². The first-order valence-electron chi connectivity index (χ1n) is 8.25. The van der Waals surface area contributed by atoms with E-state index in [1.54, 1.807) is 6.92 Å². The fourth-order valence-electron chi connectivity index (χ4n) is 3.76. The normalized spacial score (nSPS) is 18.6. The van der Waals surface area contributed by atoms with Crippen LogP contribution in [0, 0.1) is 0 Å². The van der Waals surface area contributed by atoms with Gasteiger partial charge in [0.25, 0.3) is 10.1 Å². The van der Waals surface area contributed by atoms with Gasteiger partial charge in [0.2, 0.25) is 0 Å².